The average Bonchev–Trinajstić information content (AvgIpc) is 2.66. The van der Waals surface area contributed by atoms with Gasteiger partial charge in [0, 0.05) is 17.1 Å². The van der Waals surface area contributed by atoms with Gasteiger partial charge in [-0.2, -0.15) is 0 Å². The second-order valence-corrected chi connectivity index (χ2v) is 6.66. The molecule has 0 amide bonds. The highest BCUT2D eigenvalue weighted by molar-refractivity contribution is 6.13. The molecule has 3 aromatic rings. The SMILES string of the molecule is Cc1ccc(/C=C2\C[C@@H](c3ccccc3)c3ccccc3C2=O)cc1. The fourth-order valence-corrected chi connectivity index (χ4v) is 3.57. The van der Waals surface area contributed by atoms with Crippen LogP contribution in [-0.2, 0) is 0 Å². The maximum absolute atomic E-state index is 13.0. The molecule has 0 spiro atoms. The van der Waals surface area contributed by atoms with E-state index in [-0.39, 0.29) is 11.7 Å². The number of rotatable bonds is 2. The molecule has 0 fully saturated rings. The molecule has 0 radical (unpaired) electrons. The summed E-state index contributed by atoms with van der Waals surface area (Å²) < 4.78 is 0. The van der Waals surface area contributed by atoms with Gasteiger partial charge in [-0.05, 0) is 36.1 Å². The zero-order valence-corrected chi connectivity index (χ0v) is 14.3. The van der Waals surface area contributed by atoms with Gasteiger partial charge in [0.25, 0.3) is 0 Å². The van der Waals surface area contributed by atoms with E-state index in [9.17, 15) is 4.79 Å². The van der Waals surface area contributed by atoms with E-state index in [0.29, 0.717) is 0 Å². The molecular formula is C24H20O. The number of carbonyl (C=O) groups excluding carboxylic acids is 1. The van der Waals surface area contributed by atoms with Crippen molar-refractivity contribution in [3.05, 3.63) is 112 Å². The molecule has 25 heavy (non-hydrogen) atoms. The molecule has 0 unspecified atom stereocenters. The van der Waals surface area contributed by atoms with Gasteiger partial charge in [0.15, 0.2) is 5.78 Å². The Bertz CT molecular complexity index is 933. The zero-order valence-electron chi connectivity index (χ0n) is 14.3. The normalized spacial score (nSPS) is 18.2. The van der Waals surface area contributed by atoms with Crippen molar-refractivity contribution in [1.82, 2.24) is 0 Å². The predicted molar refractivity (Wildman–Crippen MR) is 103 cm³/mol. The highest BCUT2D eigenvalue weighted by Crippen LogP contribution is 2.39. The summed E-state index contributed by atoms with van der Waals surface area (Å²) in [6, 6.07) is 26.8. The van der Waals surface area contributed by atoms with Gasteiger partial charge >= 0.3 is 0 Å². The number of aryl methyl sites for hydroxylation is 1. The largest absolute Gasteiger partial charge is 0.289 e. The van der Waals surface area contributed by atoms with Crippen molar-refractivity contribution in [2.75, 3.05) is 0 Å². The lowest BCUT2D eigenvalue weighted by Crippen LogP contribution is -2.19. The number of hydrogen-bond acceptors (Lipinski definition) is 1. The van der Waals surface area contributed by atoms with Crippen molar-refractivity contribution < 1.29 is 4.79 Å². The molecule has 0 aliphatic heterocycles. The minimum Gasteiger partial charge on any atom is -0.289 e. The number of allylic oxidation sites excluding steroid dienone is 1. The third-order valence-corrected chi connectivity index (χ3v) is 4.92. The van der Waals surface area contributed by atoms with Gasteiger partial charge in [-0.1, -0.05) is 84.4 Å². The Labute approximate surface area is 148 Å². The van der Waals surface area contributed by atoms with E-state index in [1.54, 1.807) is 0 Å². The zero-order chi connectivity index (χ0) is 17.2. The van der Waals surface area contributed by atoms with Crippen molar-refractivity contribution in [3.63, 3.8) is 0 Å². The van der Waals surface area contributed by atoms with Crippen molar-refractivity contribution in [3.8, 4) is 0 Å². The molecule has 0 N–H and O–H groups in total. The molecule has 1 nitrogen and oxygen atoms in total. The van der Waals surface area contributed by atoms with Crippen molar-refractivity contribution in [2.24, 2.45) is 0 Å². The van der Waals surface area contributed by atoms with Gasteiger partial charge in [-0.15, -0.1) is 0 Å². The lowest BCUT2D eigenvalue weighted by Gasteiger charge is -2.27. The summed E-state index contributed by atoms with van der Waals surface area (Å²) in [5.41, 5.74) is 6.43. The quantitative estimate of drug-likeness (QED) is 0.545. The van der Waals surface area contributed by atoms with Crippen LogP contribution >= 0.6 is 0 Å². The minimum absolute atomic E-state index is 0.156. The van der Waals surface area contributed by atoms with E-state index < -0.39 is 0 Å². The fourth-order valence-electron chi connectivity index (χ4n) is 3.57. The first-order chi connectivity index (χ1) is 12.2. The lowest BCUT2D eigenvalue weighted by atomic mass is 9.75. The summed E-state index contributed by atoms with van der Waals surface area (Å²) in [5.74, 6) is 0.384. The van der Waals surface area contributed by atoms with Crippen LogP contribution in [0.25, 0.3) is 6.08 Å². The molecule has 0 aromatic heterocycles. The molecular weight excluding hydrogens is 304 g/mol. The van der Waals surface area contributed by atoms with E-state index in [1.807, 2.05) is 30.3 Å². The smallest absolute Gasteiger partial charge is 0.189 e. The van der Waals surface area contributed by atoms with Crippen molar-refractivity contribution in [1.29, 1.82) is 0 Å². The van der Waals surface area contributed by atoms with Crippen LogP contribution in [0.5, 0.6) is 0 Å². The second kappa shape index (κ2) is 6.52. The second-order valence-electron chi connectivity index (χ2n) is 6.66. The topological polar surface area (TPSA) is 17.1 Å². The summed E-state index contributed by atoms with van der Waals surface area (Å²) in [5, 5.41) is 0. The van der Waals surface area contributed by atoms with Crippen LogP contribution in [0.2, 0.25) is 0 Å². The number of Topliss-reactive ketones (excluding diaryl/α,β-unsaturated/α-hetero) is 1. The van der Waals surface area contributed by atoms with E-state index in [1.165, 1.54) is 11.1 Å². The van der Waals surface area contributed by atoms with Crippen molar-refractivity contribution >= 4 is 11.9 Å². The summed E-state index contributed by atoms with van der Waals surface area (Å²) >= 11 is 0. The van der Waals surface area contributed by atoms with Crippen LogP contribution < -0.4 is 0 Å². The summed E-state index contributed by atoms with van der Waals surface area (Å²) in [4.78, 5) is 13.0. The standard InChI is InChI=1S/C24H20O/c1-17-11-13-18(14-12-17)15-20-16-23(19-7-3-2-4-8-19)21-9-5-6-10-22(21)24(20)25/h2-15,23H,16H2,1H3/b20-15+/t23-/m0/s1. The van der Waals surface area contributed by atoms with Crippen molar-refractivity contribution in [2.45, 2.75) is 19.3 Å². The Morgan fingerprint density at radius 2 is 1.52 bits per heavy atom. The average molecular weight is 324 g/mol. The number of hydrogen-bond donors (Lipinski definition) is 0. The molecule has 1 aliphatic rings. The number of carbonyl (C=O) groups is 1. The van der Waals surface area contributed by atoms with E-state index in [4.69, 9.17) is 0 Å². The summed E-state index contributed by atoms with van der Waals surface area (Å²) in [6.45, 7) is 2.07. The molecule has 0 saturated carbocycles. The Morgan fingerprint density at radius 1 is 0.840 bits per heavy atom. The highest BCUT2D eigenvalue weighted by Gasteiger charge is 2.29. The Kier molecular flexibility index (Phi) is 4.07. The molecule has 0 saturated heterocycles. The predicted octanol–water partition coefficient (Wildman–Crippen LogP) is 5.80. The monoisotopic (exact) mass is 324 g/mol. The van der Waals surface area contributed by atoms with Crippen LogP contribution in [0.4, 0.5) is 0 Å². The first-order valence-electron chi connectivity index (χ1n) is 8.68. The maximum atomic E-state index is 13.0. The van der Waals surface area contributed by atoms with Gasteiger partial charge in [0.2, 0.25) is 0 Å². The summed E-state index contributed by atoms with van der Waals surface area (Å²) in [7, 11) is 0. The number of benzene rings is 3. The molecule has 4 rings (SSSR count). The van der Waals surface area contributed by atoms with Gasteiger partial charge in [0.1, 0.15) is 0 Å². The van der Waals surface area contributed by atoms with Gasteiger partial charge in [-0.25, -0.2) is 0 Å². The molecule has 0 heterocycles. The van der Waals surface area contributed by atoms with Gasteiger partial charge in [-0.3, -0.25) is 4.79 Å². The highest BCUT2D eigenvalue weighted by atomic mass is 16.1. The molecule has 1 aliphatic carbocycles. The van der Waals surface area contributed by atoms with Crippen LogP contribution in [0.1, 0.15) is 45.0 Å². The first-order valence-corrected chi connectivity index (χ1v) is 8.68. The summed E-state index contributed by atoms with van der Waals surface area (Å²) in [6.07, 6.45) is 2.79. The Morgan fingerprint density at radius 3 is 2.28 bits per heavy atom. The molecule has 1 heteroatoms. The van der Waals surface area contributed by atoms with Crippen LogP contribution in [0, 0.1) is 6.92 Å². The van der Waals surface area contributed by atoms with E-state index in [0.717, 1.165) is 28.7 Å². The third-order valence-electron chi connectivity index (χ3n) is 4.92. The van der Waals surface area contributed by atoms with Crippen LogP contribution in [-0.4, -0.2) is 5.78 Å². The lowest BCUT2D eigenvalue weighted by molar-refractivity contribution is 0.102. The minimum atomic E-state index is 0.156. The molecule has 1 atom stereocenters. The number of ketones is 1. The molecule has 3 aromatic carbocycles. The van der Waals surface area contributed by atoms with Gasteiger partial charge < -0.3 is 0 Å². The van der Waals surface area contributed by atoms with Crippen LogP contribution in [0.3, 0.4) is 0 Å². The fraction of sp³-hybridized carbons (Fsp3) is 0.125. The van der Waals surface area contributed by atoms with Crippen LogP contribution in [0.15, 0.2) is 84.4 Å². The number of fused-ring (bicyclic) bond motifs is 1. The first kappa shape index (κ1) is 15.6. The Balaban J connectivity index is 1.81. The molecule has 122 valence electrons. The third kappa shape index (κ3) is 3.06. The maximum Gasteiger partial charge on any atom is 0.189 e. The van der Waals surface area contributed by atoms with Gasteiger partial charge in [0.05, 0.1) is 0 Å². The Hall–Kier alpha value is -2.93. The van der Waals surface area contributed by atoms with E-state index >= 15 is 0 Å². The molecule has 0 bridgehead atoms. The van der Waals surface area contributed by atoms with E-state index in [2.05, 4.69) is 61.5 Å².